The molecule has 0 atom stereocenters. The summed E-state index contributed by atoms with van der Waals surface area (Å²) in [6.07, 6.45) is 1.43. The lowest BCUT2D eigenvalue weighted by Gasteiger charge is -2.11. The second kappa shape index (κ2) is 7.86. The van der Waals surface area contributed by atoms with Gasteiger partial charge >= 0.3 is 0 Å². The average Bonchev–Trinajstić information content (AvgIpc) is 2.64. The van der Waals surface area contributed by atoms with E-state index in [0.29, 0.717) is 11.3 Å². The van der Waals surface area contributed by atoms with E-state index in [4.69, 9.17) is 4.84 Å². The number of hydrogen-bond donors (Lipinski definition) is 1. The molecule has 0 unspecified atom stereocenters. The molecule has 138 valence electrons. The van der Waals surface area contributed by atoms with E-state index in [-0.39, 0.29) is 18.0 Å². The highest BCUT2D eigenvalue weighted by Gasteiger charge is 2.14. The van der Waals surface area contributed by atoms with Gasteiger partial charge in [-0.3, -0.25) is 9.59 Å². The first-order valence-electron chi connectivity index (χ1n) is 8.42. The molecule has 5 nitrogen and oxygen atoms in total. The van der Waals surface area contributed by atoms with Gasteiger partial charge in [0.1, 0.15) is 18.0 Å². The molecule has 0 aliphatic heterocycles. The maximum absolute atomic E-state index is 12.9. The smallest absolute Gasteiger partial charge is 0.295 e. The number of benzene rings is 2. The number of hydrogen-bond acceptors (Lipinski definition) is 3. The molecule has 1 heterocycles. The van der Waals surface area contributed by atoms with E-state index < -0.39 is 11.5 Å². The van der Waals surface area contributed by atoms with Gasteiger partial charge < -0.3 is 10.2 Å². The third kappa shape index (κ3) is 4.41. The van der Waals surface area contributed by atoms with Crippen molar-refractivity contribution in [3.63, 3.8) is 0 Å². The molecule has 2 aromatic carbocycles. The zero-order valence-electron chi connectivity index (χ0n) is 15.0. The Bertz CT molecular complexity index is 1030. The fourth-order valence-corrected chi connectivity index (χ4v) is 2.62. The van der Waals surface area contributed by atoms with Crippen LogP contribution in [0.2, 0.25) is 0 Å². The molecule has 1 aromatic heterocycles. The van der Waals surface area contributed by atoms with E-state index in [2.05, 4.69) is 5.32 Å². The van der Waals surface area contributed by atoms with Crippen LogP contribution in [0, 0.1) is 19.7 Å². The van der Waals surface area contributed by atoms with Gasteiger partial charge in [0.25, 0.3) is 11.5 Å². The quantitative estimate of drug-likeness (QED) is 0.752. The first-order valence-corrected chi connectivity index (χ1v) is 8.42. The number of rotatable bonds is 5. The Morgan fingerprint density at radius 2 is 1.85 bits per heavy atom. The van der Waals surface area contributed by atoms with Crippen LogP contribution in [0.5, 0.6) is 0 Å². The summed E-state index contributed by atoms with van der Waals surface area (Å²) in [6.45, 7) is 3.92. The van der Waals surface area contributed by atoms with Crippen LogP contribution in [0.25, 0.3) is 0 Å². The summed E-state index contributed by atoms with van der Waals surface area (Å²) in [5.74, 6) is -0.854. The van der Waals surface area contributed by atoms with Crippen LogP contribution < -0.4 is 15.7 Å². The molecule has 0 radical (unpaired) electrons. The molecule has 0 aliphatic carbocycles. The maximum atomic E-state index is 12.9. The first kappa shape index (κ1) is 18.4. The number of carbonyl (C=O) groups is 1. The fourth-order valence-electron chi connectivity index (χ4n) is 2.62. The van der Waals surface area contributed by atoms with Gasteiger partial charge in [0.2, 0.25) is 0 Å². The van der Waals surface area contributed by atoms with Crippen molar-refractivity contribution in [2.75, 3.05) is 5.32 Å². The number of carbonyl (C=O) groups excluding carboxylic acids is 1. The number of anilines is 1. The minimum absolute atomic E-state index is 0.0309. The molecule has 6 heteroatoms. The van der Waals surface area contributed by atoms with E-state index in [1.807, 2.05) is 26.0 Å². The Morgan fingerprint density at radius 3 is 2.56 bits per heavy atom. The number of aromatic nitrogens is 1. The van der Waals surface area contributed by atoms with E-state index in [1.165, 1.54) is 24.4 Å². The molecule has 0 fully saturated rings. The predicted octanol–water partition coefficient (Wildman–Crippen LogP) is 3.49. The Morgan fingerprint density at radius 1 is 1.11 bits per heavy atom. The molecule has 3 rings (SSSR count). The van der Waals surface area contributed by atoms with Gasteiger partial charge in [0.05, 0.1) is 0 Å². The van der Waals surface area contributed by atoms with Crippen LogP contribution in [0.1, 0.15) is 27.0 Å². The highest BCUT2D eigenvalue weighted by Crippen LogP contribution is 2.16. The Kier molecular flexibility index (Phi) is 5.35. The maximum Gasteiger partial charge on any atom is 0.295 e. The van der Waals surface area contributed by atoms with Gasteiger partial charge in [-0.05, 0) is 55.3 Å². The normalized spacial score (nSPS) is 10.5. The van der Waals surface area contributed by atoms with Gasteiger partial charge in [0.15, 0.2) is 0 Å². The fraction of sp³-hybridized carbons (Fsp3) is 0.143. The summed E-state index contributed by atoms with van der Waals surface area (Å²) in [5, 5.41) is 2.75. The van der Waals surface area contributed by atoms with Gasteiger partial charge in [-0.2, -0.15) is 4.73 Å². The summed E-state index contributed by atoms with van der Waals surface area (Å²) >= 11 is 0. The topological polar surface area (TPSA) is 60.3 Å². The molecule has 1 amide bonds. The van der Waals surface area contributed by atoms with Crippen molar-refractivity contribution in [1.29, 1.82) is 0 Å². The third-order valence-electron chi connectivity index (χ3n) is 4.07. The Labute approximate surface area is 156 Å². The SMILES string of the molecule is Cc1ccc(NC(=O)c2cccn(OCc3ccc(F)cc3)c2=O)c(C)c1. The first-order chi connectivity index (χ1) is 12.9. The zero-order valence-corrected chi connectivity index (χ0v) is 15.0. The van der Waals surface area contributed by atoms with E-state index in [0.717, 1.165) is 15.9 Å². The lowest BCUT2D eigenvalue weighted by Crippen LogP contribution is -2.32. The van der Waals surface area contributed by atoms with Crippen molar-refractivity contribution in [3.05, 3.63) is 99.2 Å². The van der Waals surface area contributed by atoms with Crippen molar-refractivity contribution in [2.24, 2.45) is 0 Å². The molecule has 0 bridgehead atoms. The molecule has 0 aliphatic rings. The Hall–Kier alpha value is -3.41. The summed E-state index contributed by atoms with van der Waals surface area (Å²) in [4.78, 5) is 30.5. The molecule has 3 aromatic rings. The number of halogens is 1. The summed E-state index contributed by atoms with van der Waals surface area (Å²) in [5.41, 5.74) is 2.74. The largest absolute Gasteiger partial charge is 0.406 e. The van der Waals surface area contributed by atoms with Crippen molar-refractivity contribution < 1.29 is 14.0 Å². The number of nitrogens with zero attached hydrogens (tertiary/aromatic N) is 1. The van der Waals surface area contributed by atoms with Crippen LogP contribution in [0.15, 0.2) is 65.6 Å². The minimum Gasteiger partial charge on any atom is -0.406 e. The van der Waals surface area contributed by atoms with Crippen molar-refractivity contribution in [2.45, 2.75) is 20.5 Å². The predicted molar refractivity (Wildman–Crippen MR) is 101 cm³/mol. The van der Waals surface area contributed by atoms with Crippen molar-refractivity contribution >= 4 is 11.6 Å². The van der Waals surface area contributed by atoms with Crippen molar-refractivity contribution in [1.82, 2.24) is 4.73 Å². The summed E-state index contributed by atoms with van der Waals surface area (Å²) in [6, 6.07) is 14.4. The molecule has 0 saturated carbocycles. The van der Waals surface area contributed by atoms with Crippen LogP contribution in [-0.2, 0) is 6.61 Å². The standard InChI is InChI=1S/C21H19FN2O3/c1-14-5-10-19(15(2)12-14)23-20(25)18-4-3-11-24(21(18)26)27-13-16-6-8-17(22)9-7-16/h3-12H,13H2,1-2H3,(H,23,25). The van der Waals surface area contributed by atoms with Crippen LogP contribution >= 0.6 is 0 Å². The molecular weight excluding hydrogens is 347 g/mol. The van der Waals surface area contributed by atoms with Crippen LogP contribution in [0.4, 0.5) is 10.1 Å². The molecular formula is C21H19FN2O3. The van der Waals surface area contributed by atoms with Gasteiger partial charge in [-0.15, -0.1) is 0 Å². The lowest BCUT2D eigenvalue weighted by molar-refractivity contribution is 0.0863. The minimum atomic E-state index is -0.568. The lowest BCUT2D eigenvalue weighted by atomic mass is 10.1. The molecule has 0 saturated heterocycles. The van der Waals surface area contributed by atoms with Gasteiger partial charge in [-0.25, -0.2) is 4.39 Å². The second-order valence-electron chi connectivity index (χ2n) is 6.23. The second-order valence-corrected chi connectivity index (χ2v) is 6.23. The summed E-state index contributed by atoms with van der Waals surface area (Å²) in [7, 11) is 0. The summed E-state index contributed by atoms with van der Waals surface area (Å²) < 4.78 is 13.9. The number of pyridine rings is 1. The van der Waals surface area contributed by atoms with Gasteiger partial charge in [0, 0.05) is 11.9 Å². The molecule has 1 N–H and O–H groups in total. The third-order valence-corrected chi connectivity index (χ3v) is 4.07. The van der Waals surface area contributed by atoms with Gasteiger partial charge in [-0.1, -0.05) is 29.8 Å². The number of nitrogens with one attached hydrogen (secondary N) is 1. The van der Waals surface area contributed by atoms with E-state index in [1.54, 1.807) is 24.3 Å². The monoisotopic (exact) mass is 366 g/mol. The number of aryl methyl sites for hydroxylation is 2. The molecule has 27 heavy (non-hydrogen) atoms. The zero-order chi connectivity index (χ0) is 19.4. The van der Waals surface area contributed by atoms with E-state index in [9.17, 15) is 14.0 Å². The van der Waals surface area contributed by atoms with Crippen molar-refractivity contribution in [3.8, 4) is 0 Å². The average molecular weight is 366 g/mol. The molecule has 0 spiro atoms. The van der Waals surface area contributed by atoms with Crippen LogP contribution in [0.3, 0.4) is 0 Å². The highest BCUT2D eigenvalue weighted by molar-refractivity contribution is 6.04. The number of amides is 1. The van der Waals surface area contributed by atoms with E-state index >= 15 is 0 Å². The van der Waals surface area contributed by atoms with Crippen LogP contribution in [-0.4, -0.2) is 10.6 Å². The highest BCUT2D eigenvalue weighted by atomic mass is 19.1. The Balaban J connectivity index is 1.76.